The largest absolute Gasteiger partial charge is 0.472 e. The highest BCUT2D eigenvalue weighted by Gasteiger charge is 2.27. The van der Waals surface area contributed by atoms with Crippen LogP contribution in [-0.4, -0.2) is 76.6 Å². The van der Waals surface area contributed by atoms with Crippen molar-refractivity contribution in [3.8, 4) is 0 Å². The highest BCUT2D eigenvalue weighted by atomic mass is 31.2. The summed E-state index contributed by atoms with van der Waals surface area (Å²) in [6.07, 6.45) is 21.0. The first-order chi connectivity index (χ1) is 16.7. The molecule has 0 amide bonds. The van der Waals surface area contributed by atoms with Gasteiger partial charge >= 0.3 is 7.82 Å². The molecule has 0 radical (unpaired) electrons. The number of hydrogen-bond donors (Lipinski definition) is 2. The molecule has 0 saturated carbocycles. The number of phosphoric acid groups is 1. The first-order valence-corrected chi connectivity index (χ1v) is 15.9. The summed E-state index contributed by atoms with van der Waals surface area (Å²) in [4.78, 5) is 9.98. The van der Waals surface area contributed by atoms with Crippen molar-refractivity contribution in [2.24, 2.45) is 0 Å². The molecule has 0 fully saturated rings. The third-order valence-electron chi connectivity index (χ3n) is 6.18. The van der Waals surface area contributed by atoms with E-state index in [2.05, 4.69) is 12.2 Å². The van der Waals surface area contributed by atoms with E-state index in [9.17, 15) is 9.46 Å². The molecule has 0 aromatic rings. The molecule has 0 aromatic carbocycles. The Bertz CT molecular complexity index is 502. The van der Waals surface area contributed by atoms with Crippen LogP contribution in [0.4, 0.5) is 0 Å². The van der Waals surface area contributed by atoms with Gasteiger partial charge in [-0.3, -0.25) is 9.05 Å². The van der Waals surface area contributed by atoms with E-state index >= 15 is 0 Å². The predicted octanol–water partition coefficient (Wildman–Crippen LogP) is 6.69. The molecule has 0 aliphatic rings. The zero-order valence-corrected chi connectivity index (χ0v) is 24.8. The molecule has 7 nitrogen and oxygen atoms in total. The Morgan fingerprint density at radius 3 is 1.66 bits per heavy atom. The predicted molar refractivity (Wildman–Crippen MR) is 148 cm³/mol. The summed E-state index contributed by atoms with van der Waals surface area (Å²) < 4.78 is 29.0. The van der Waals surface area contributed by atoms with E-state index < -0.39 is 13.9 Å². The molecule has 0 aromatic heterocycles. The van der Waals surface area contributed by atoms with Gasteiger partial charge in [-0.25, -0.2) is 4.57 Å². The van der Waals surface area contributed by atoms with Crippen molar-refractivity contribution in [3.05, 3.63) is 0 Å². The van der Waals surface area contributed by atoms with Gasteiger partial charge in [0.2, 0.25) is 0 Å². The molecule has 0 spiro atoms. The van der Waals surface area contributed by atoms with Crippen LogP contribution in [0, 0.1) is 0 Å². The molecule has 0 saturated heterocycles. The molecule has 0 bridgehead atoms. The lowest BCUT2D eigenvalue weighted by Gasteiger charge is -2.25. The van der Waals surface area contributed by atoms with Crippen molar-refractivity contribution in [1.29, 1.82) is 0 Å². The van der Waals surface area contributed by atoms with Gasteiger partial charge in [0.05, 0.1) is 27.7 Å². The molecule has 0 heterocycles. The maximum atomic E-state index is 12.2. The van der Waals surface area contributed by atoms with E-state index in [-0.39, 0.29) is 13.2 Å². The summed E-state index contributed by atoms with van der Waals surface area (Å²) >= 11 is 0. The van der Waals surface area contributed by atoms with Crippen molar-refractivity contribution in [2.75, 3.05) is 61.1 Å². The van der Waals surface area contributed by atoms with Crippen LogP contribution >= 0.6 is 7.82 Å². The number of likely N-dealkylation sites (N-methyl/N-ethyl adjacent to an activating group) is 2. The maximum absolute atomic E-state index is 12.2. The second-order valence-corrected chi connectivity index (χ2v) is 12.4. The molecule has 8 heteroatoms. The van der Waals surface area contributed by atoms with Gasteiger partial charge in [-0.2, -0.15) is 0 Å². The fourth-order valence-corrected chi connectivity index (χ4v) is 4.86. The van der Waals surface area contributed by atoms with Gasteiger partial charge in [-0.15, -0.1) is 0 Å². The fourth-order valence-electron chi connectivity index (χ4n) is 3.97. The third kappa shape index (κ3) is 26.9. The van der Waals surface area contributed by atoms with E-state index in [1.807, 2.05) is 21.1 Å². The van der Waals surface area contributed by atoms with Crippen LogP contribution in [0.1, 0.15) is 110 Å². The van der Waals surface area contributed by atoms with Gasteiger partial charge in [0, 0.05) is 13.2 Å². The van der Waals surface area contributed by atoms with Crippen LogP contribution in [0.3, 0.4) is 0 Å². The minimum Gasteiger partial charge on any atom is -0.379 e. The van der Waals surface area contributed by atoms with E-state index in [4.69, 9.17) is 13.8 Å². The van der Waals surface area contributed by atoms with E-state index in [1.54, 1.807) is 7.05 Å². The highest BCUT2D eigenvalue weighted by molar-refractivity contribution is 7.47. The molecule has 212 valence electrons. The Morgan fingerprint density at radius 2 is 1.23 bits per heavy atom. The summed E-state index contributed by atoms with van der Waals surface area (Å²) in [5, 5.41) is 2.98. The highest BCUT2D eigenvalue weighted by Crippen LogP contribution is 2.44. The van der Waals surface area contributed by atoms with E-state index in [0.29, 0.717) is 24.2 Å². The Hall–Kier alpha value is -0.0100. The standard InChI is InChI=1S/C27H59N2O5P/c1-6-7-8-9-10-11-12-13-14-15-16-17-18-19-20-21-23-32-26-27(25-28-2)34-35(30,31)33-24-22-29(3,4)5/h27-28H,6-26H2,1-5H3/p+1. The lowest BCUT2D eigenvalue weighted by molar-refractivity contribution is -0.870. The SMILES string of the molecule is CCCCCCCCCCCCCCCCCCOCC(CNC)OP(=O)(O)OCC[N+](C)(C)C. The summed E-state index contributed by atoms with van der Waals surface area (Å²) in [5.41, 5.74) is 0. The normalized spacial score (nSPS) is 14.8. The van der Waals surface area contributed by atoms with Crippen LogP contribution in [-0.2, 0) is 18.3 Å². The molecule has 0 aliphatic heterocycles. The molecule has 35 heavy (non-hydrogen) atoms. The van der Waals surface area contributed by atoms with Crippen molar-refractivity contribution >= 4 is 7.82 Å². The molecule has 0 rings (SSSR count). The summed E-state index contributed by atoms with van der Waals surface area (Å²) in [5.74, 6) is 0. The fraction of sp³-hybridized carbons (Fsp3) is 1.00. The number of phosphoric ester groups is 1. The van der Waals surface area contributed by atoms with E-state index in [0.717, 1.165) is 6.42 Å². The van der Waals surface area contributed by atoms with E-state index in [1.165, 1.54) is 96.3 Å². The van der Waals surface area contributed by atoms with Crippen LogP contribution in [0.15, 0.2) is 0 Å². The Morgan fingerprint density at radius 1 is 0.771 bits per heavy atom. The van der Waals surface area contributed by atoms with Crippen LogP contribution in [0.2, 0.25) is 0 Å². The summed E-state index contributed by atoms with van der Waals surface area (Å²) in [6.45, 7) is 4.44. The van der Waals surface area contributed by atoms with Gasteiger partial charge in [0.1, 0.15) is 19.3 Å². The molecular formula is C27H60N2O5P+. The van der Waals surface area contributed by atoms with Gasteiger partial charge in [0.25, 0.3) is 0 Å². The van der Waals surface area contributed by atoms with Crippen molar-refractivity contribution in [3.63, 3.8) is 0 Å². The number of nitrogens with one attached hydrogen (secondary N) is 1. The second-order valence-electron chi connectivity index (χ2n) is 11.0. The number of unbranched alkanes of at least 4 members (excludes halogenated alkanes) is 15. The molecule has 2 atom stereocenters. The smallest absolute Gasteiger partial charge is 0.379 e. The average molecular weight is 524 g/mol. The second kappa shape index (κ2) is 23.1. The molecule has 0 aliphatic carbocycles. The third-order valence-corrected chi connectivity index (χ3v) is 7.25. The zero-order valence-electron chi connectivity index (χ0n) is 23.9. The zero-order chi connectivity index (χ0) is 26.3. The minimum atomic E-state index is -4.09. The minimum absolute atomic E-state index is 0.170. The Balaban J connectivity index is 3.60. The lowest BCUT2D eigenvalue weighted by Crippen LogP contribution is -2.37. The average Bonchev–Trinajstić information content (AvgIpc) is 2.77. The number of hydrogen-bond acceptors (Lipinski definition) is 5. The molecule has 2 N–H and O–H groups in total. The van der Waals surface area contributed by atoms with Crippen molar-refractivity contribution in [1.82, 2.24) is 5.32 Å². The number of rotatable bonds is 27. The first kappa shape index (κ1) is 35.0. The Kier molecular flexibility index (Phi) is 23.1. The number of quaternary nitrogens is 1. The van der Waals surface area contributed by atoms with Gasteiger partial charge in [0.15, 0.2) is 0 Å². The lowest BCUT2D eigenvalue weighted by atomic mass is 10.0. The van der Waals surface area contributed by atoms with Crippen LogP contribution < -0.4 is 5.32 Å². The van der Waals surface area contributed by atoms with Crippen molar-refractivity contribution < 1.29 is 27.7 Å². The monoisotopic (exact) mass is 523 g/mol. The van der Waals surface area contributed by atoms with Crippen LogP contribution in [0.25, 0.3) is 0 Å². The topological polar surface area (TPSA) is 77.0 Å². The van der Waals surface area contributed by atoms with Gasteiger partial charge in [-0.05, 0) is 13.5 Å². The molecular weight excluding hydrogens is 463 g/mol. The number of ether oxygens (including phenoxy) is 1. The quantitative estimate of drug-likeness (QED) is 0.0709. The first-order valence-electron chi connectivity index (χ1n) is 14.4. The number of nitrogens with zero attached hydrogens (tertiary/aromatic N) is 1. The summed E-state index contributed by atoms with van der Waals surface area (Å²) in [6, 6.07) is 0. The summed E-state index contributed by atoms with van der Waals surface area (Å²) in [7, 11) is 3.70. The maximum Gasteiger partial charge on any atom is 0.472 e. The van der Waals surface area contributed by atoms with Crippen LogP contribution in [0.5, 0.6) is 0 Å². The van der Waals surface area contributed by atoms with Crippen molar-refractivity contribution in [2.45, 2.75) is 116 Å². The Labute approximate surface area is 217 Å². The molecule has 2 unspecified atom stereocenters. The van der Waals surface area contributed by atoms with Gasteiger partial charge < -0.3 is 19.4 Å². The van der Waals surface area contributed by atoms with Gasteiger partial charge in [-0.1, -0.05) is 103 Å².